The van der Waals surface area contributed by atoms with Gasteiger partial charge in [-0.3, -0.25) is 14.9 Å². The highest BCUT2D eigenvalue weighted by molar-refractivity contribution is 5.96. The van der Waals surface area contributed by atoms with Gasteiger partial charge in [-0.2, -0.15) is 5.10 Å². The van der Waals surface area contributed by atoms with E-state index >= 15 is 0 Å². The summed E-state index contributed by atoms with van der Waals surface area (Å²) in [4.78, 5) is 25.3. The fourth-order valence-electron chi connectivity index (χ4n) is 5.76. The molecule has 4 heterocycles. The van der Waals surface area contributed by atoms with Crippen LogP contribution in [-0.4, -0.2) is 69.1 Å². The van der Waals surface area contributed by atoms with Gasteiger partial charge in [0.2, 0.25) is 5.91 Å². The molecule has 3 N–H and O–H groups in total. The van der Waals surface area contributed by atoms with Crippen LogP contribution in [0.15, 0.2) is 55.0 Å². The van der Waals surface area contributed by atoms with Gasteiger partial charge in [0.15, 0.2) is 0 Å². The molecule has 3 aromatic heterocycles. The van der Waals surface area contributed by atoms with Crippen molar-refractivity contribution < 1.29 is 4.79 Å². The largest absolute Gasteiger partial charge is 0.369 e. The summed E-state index contributed by atoms with van der Waals surface area (Å²) in [5.41, 5.74) is 8.00. The SMILES string of the molecule is C/C=C(\c1c[nH]c(-c2n[nH]c3ccc(-c4cncc(NC(=O)C5CCCC5)c4)cc23)c1)N1CCN(C)CC1. The van der Waals surface area contributed by atoms with Crippen LogP contribution in [0.2, 0.25) is 0 Å². The van der Waals surface area contributed by atoms with Crippen molar-refractivity contribution in [3.8, 4) is 22.5 Å². The number of H-pyrrole nitrogens is 2. The number of piperazine rings is 1. The lowest BCUT2D eigenvalue weighted by Crippen LogP contribution is -2.43. The molecule has 1 amide bonds. The van der Waals surface area contributed by atoms with Crippen molar-refractivity contribution in [2.75, 3.05) is 38.5 Å². The third kappa shape index (κ3) is 4.84. The van der Waals surface area contributed by atoms with Crippen molar-refractivity contribution in [3.05, 3.63) is 60.6 Å². The summed E-state index contributed by atoms with van der Waals surface area (Å²) in [5.74, 6) is 0.224. The lowest BCUT2D eigenvalue weighted by Gasteiger charge is -2.35. The zero-order valence-electron chi connectivity index (χ0n) is 22.1. The normalized spacial score (nSPS) is 17.4. The molecule has 0 atom stereocenters. The van der Waals surface area contributed by atoms with Gasteiger partial charge in [-0.05, 0) is 56.6 Å². The first-order valence-corrected chi connectivity index (χ1v) is 13.6. The van der Waals surface area contributed by atoms with Crippen molar-refractivity contribution >= 4 is 28.2 Å². The van der Waals surface area contributed by atoms with Gasteiger partial charge in [0, 0.05) is 66.7 Å². The minimum Gasteiger partial charge on any atom is -0.369 e. The topological polar surface area (TPSA) is 92.9 Å². The fourth-order valence-corrected chi connectivity index (χ4v) is 5.76. The highest BCUT2D eigenvalue weighted by atomic mass is 16.1. The number of fused-ring (bicyclic) bond motifs is 1. The second-order valence-corrected chi connectivity index (χ2v) is 10.5. The van der Waals surface area contributed by atoms with Crippen LogP contribution in [-0.2, 0) is 4.79 Å². The molecule has 8 heteroatoms. The second kappa shape index (κ2) is 10.5. The van der Waals surface area contributed by atoms with Gasteiger partial charge >= 0.3 is 0 Å². The van der Waals surface area contributed by atoms with Gasteiger partial charge in [0.1, 0.15) is 5.69 Å². The molecule has 8 nitrogen and oxygen atoms in total. The van der Waals surface area contributed by atoms with Crippen molar-refractivity contribution in [1.82, 2.24) is 30.0 Å². The molecule has 0 bridgehead atoms. The number of hydrogen-bond acceptors (Lipinski definition) is 5. The van der Waals surface area contributed by atoms with E-state index in [1.807, 2.05) is 12.3 Å². The molecule has 1 aromatic carbocycles. The number of benzene rings is 1. The second-order valence-electron chi connectivity index (χ2n) is 10.5. The summed E-state index contributed by atoms with van der Waals surface area (Å²) in [6.07, 6.45) is 12.1. The van der Waals surface area contributed by atoms with E-state index in [-0.39, 0.29) is 11.8 Å². The first-order valence-electron chi connectivity index (χ1n) is 13.6. The number of anilines is 1. The van der Waals surface area contributed by atoms with Gasteiger partial charge < -0.3 is 20.1 Å². The molecular formula is C30H35N7O. The summed E-state index contributed by atoms with van der Waals surface area (Å²) in [5, 5.41) is 11.9. The zero-order chi connectivity index (χ0) is 26.1. The molecule has 4 aromatic rings. The molecule has 196 valence electrons. The van der Waals surface area contributed by atoms with Crippen molar-refractivity contribution in [3.63, 3.8) is 0 Å². The maximum absolute atomic E-state index is 12.6. The number of aromatic amines is 2. The van der Waals surface area contributed by atoms with Gasteiger partial charge in [0.25, 0.3) is 0 Å². The lowest BCUT2D eigenvalue weighted by atomic mass is 10.0. The number of carbonyl (C=O) groups excluding carboxylic acids is 1. The number of nitrogens with one attached hydrogen (secondary N) is 3. The van der Waals surface area contributed by atoms with E-state index < -0.39 is 0 Å². The van der Waals surface area contributed by atoms with E-state index in [2.05, 4.69) is 85.8 Å². The lowest BCUT2D eigenvalue weighted by molar-refractivity contribution is -0.119. The third-order valence-electron chi connectivity index (χ3n) is 7.98. The standard InChI is InChI=1S/C30H35N7O/c1-3-28(37-12-10-36(2)11-13-37)23-16-27(32-18-23)29-25-15-21(8-9-26(25)34-35-29)22-14-24(19-31-17-22)33-30(38)20-6-4-5-7-20/h3,8-9,14-20,32H,4-7,10-13H2,1-2H3,(H,33,38)(H,34,35)/b28-3+. The van der Waals surface area contributed by atoms with Crippen LogP contribution in [0.5, 0.6) is 0 Å². The van der Waals surface area contributed by atoms with Crippen LogP contribution in [0.25, 0.3) is 39.1 Å². The predicted octanol–water partition coefficient (Wildman–Crippen LogP) is 5.36. The molecular weight excluding hydrogens is 474 g/mol. The van der Waals surface area contributed by atoms with Gasteiger partial charge in [0.05, 0.1) is 23.1 Å². The minimum absolute atomic E-state index is 0.105. The Balaban J connectivity index is 1.26. The van der Waals surface area contributed by atoms with E-state index in [9.17, 15) is 4.79 Å². The Morgan fingerprint density at radius 2 is 1.87 bits per heavy atom. The number of allylic oxidation sites excluding steroid dienone is 1. The molecule has 1 saturated carbocycles. The van der Waals surface area contributed by atoms with Crippen LogP contribution in [0.4, 0.5) is 5.69 Å². The number of likely N-dealkylation sites (N-methyl/N-ethyl adjacent to an activating group) is 1. The Bertz CT molecular complexity index is 1470. The molecule has 0 radical (unpaired) electrons. The number of pyridine rings is 1. The molecule has 2 aliphatic rings. The number of amides is 1. The monoisotopic (exact) mass is 509 g/mol. The average Bonchev–Trinajstić information content (AvgIpc) is 3.71. The number of rotatable bonds is 6. The summed E-state index contributed by atoms with van der Waals surface area (Å²) in [6.45, 7) is 6.30. The zero-order valence-corrected chi connectivity index (χ0v) is 22.1. The smallest absolute Gasteiger partial charge is 0.227 e. The van der Waals surface area contributed by atoms with Crippen LogP contribution < -0.4 is 5.32 Å². The molecule has 1 saturated heterocycles. The Hall–Kier alpha value is -3.91. The van der Waals surface area contributed by atoms with E-state index in [1.165, 1.54) is 11.3 Å². The average molecular weight is 510 g/mol. The van der Waals surface area contributed by atoms with Crippen LogP contribution >= 0.6 is 0 Å². The number of hydrogen-bond donors (Lipinski definition) is 3. The Labute approximate surface area is 223 Å². The highest BCUT2D eigenvalue weighted by Crippen LogP contribution is 2.33. The molecule has 38 heavy (non-hydrogen) atoms. The van der Waals surface area contributed by atoms with Crippen LogP contribution in [0, 0.1) is 5.92 Å². The minimum atomic E-state index is 0.105. The summed E-state index contributed by atoms with van der Waals surface area (Å²) < 4.78 is 0. The van der Waals surface area contributed by atoms with E-state index in [0.29, 0.717) is 0 Å². The van der Waals surface area contributed by atoms with E-state index in [1.54, 1.807) is 6.20 Å². The maximum atomic E-state index is 12.6. The van der Waals surface area contributed by atoms with E-state index in [4.69, 9.17) is 0 Å². The molecule has 0 spiro atoms. The molecule has 0 unspecified atom stereocenters. The van der Waals surface area contributed by atoms with Crippen molar-refractivity contribution in [2.45, 2.75) is 32.6 Å². The number of aromatic nitrogens is 4. The quantitative estimate of drug-likeness (QED) is 0.326. The van der Waals surface area contributed by atoms with Crippen molar-refractivity contribution in [1.29, 1.82) is 0 Å². The first-order chi connectivity index (χ1) is 18.6. The van der Waals surface area contributed by atoms with E-state index in [0.717, 1.165) is 91.0 Å². The number of carbonyl (C=O) groups is 1. The Kier molecular flexibility index (Phi) is 6.72. The molecule has 1 aliphatic carbocycles. The van der Waals surface area contributed by atoms with Gasteiger partial charge in [-0.1, -0.05) is 25.0 Å². The van der Waals surface area contributed by atoms with Gasteiger partial charge in [-0.25, -0.2) is 0 Å². The predicted molar refractivity (Wildman–Crippen MR) is 152 cm³/mol. The highest BCUT2D eigenvalue weighted by Gasteiger charge is 2.23. The summed E-state index contributed by atoms with van der Waals surface area (Å²) in [6, 6.07) is 10.5. The summed E-state index contributed by atoms with van der Waals surface area (Å²) >= 11 is 0. The van der Waals surface area contributed by atoms with Crippen molar-refractivity contribution in [2.24, 2.45) is 5.92 Å². The molecule has 2 fully saturated rings. The first kappa shape index (κ1) is 24.4. The Morgan fingerprint density at radius 3 is 2.66 bits per heavy atom. The van der Waals surface area contributed by atoms with Crippen LogP contribution in [0.3, 0.4) is 0 Å². The number of nitrogens with zero attached hydrogens (tertiary/aromatic N) is 4. The third-order valence-corrected chi connectivity index (χ3v) is 7.98. The summed E-state index contributed by atoms with van der Waals surface area (Å²) in [7, 11) is 2.18. The molecule has 1 aliphatic heterocycles. The maximum Gasteiger partial charge on any atom is 0.227 e. The van der Waals surface area contributed by atoms with Gasteiger partial charge in [-0.15, -0.1) is 0 Å². The fraction of sp³-hybridized carbons (Fsp3) is 0.367. The van der Waals surface area contributed by atoms with Crippen LogP contribution in [0.1, 0.15) is 38.2 Å². The Morgan fingerprint density at radius 1 is 1.05 bits per heavy atom. The molecule has 6 rings (SSSR count).